The second kappa shape index (κ2) is 6.39. The molecule has 0 bridgehead atoms. The molecule has 2 N–H and O–H groups in total. The van der Waals surface area contributed by atoms with Crippen molar-refractivity contribution < 1.29 is 4.74 Å². The first kappa shape index (κ1) is 15.3. The Bertz CT molecular complexity index is 432. The Morgan fingerprint density at radius 1 is 1.44 bits per heavy atom. The van der Waals surface area contributed by atoms with Gasteiger partial charge in [-0.3, -0.25) is 0 Å². The zero-order chi connectivity index (χ0) is 13.8. The van der Waals surface area contributed by atoms with Crippen molar-refractivity contribution in [1.29, 1.82) is 0 Å². The van der Waals surface area contributed by atoms with Crippen LogP contribution < -0.4 is 10.5 Å². The number of thiocarbonyl (C=S) groups is 1. The third-order valence-electron chi connectivity index (χ3n) is 3.06. The Balaban J connectivity index is 2.57. The second-order valence-electron chi connectivity index (χ2n) is 4.95. The average Bonchev–Trinajstić information content (AvgIpc) is 2.31. The monoisotopic (exact) mass is 285 g/mol. The Morgan fingerprint density at radius 2 is 2.11 bits per heavy atom. The predicted octanol–water partition coefficient (Wildman–Crippen LogP) is 3.98. The van der Waals surface area contributed by atoms with Gasteiger partial charge in [-0.05, 0) is 36.6 Å². The summed E-state index contributed by atoms with van der Waals surface area (Å²) in [6.45, 7) is 6.71. The highest BCUT2D eigenvalue weighted by atomic mass is 35.5. The van der Waals surface area contributed by atoms with Crippen molar-refractivity contribution in [3.05, 3.63) is 28.8 Å². The molecule has 0 saturated heterocycles. The molecule has 0 fully saturated rings. The Hall–Kier alpha value is -0.800. The molecule has 18 heavy (non-hydrogen) atoms. The van der Waals surface area contributed by atoms with Gasteiger partial charge in [-0.1, -0.05) is 44.6 Å². The first-order chi connectivity index (χ1) is 8.36. The number of rotatable bonds is 6. The average molecular weight is 286 g/mol. The molecule has 4 heteroatoms. The van der Waals surface area contributed by atoms with Gasteiger partial charge in [0.2, 0.25) is 0 Å². The maximum absolute atomic E-state index is 6.06. The summed E-state index contributed by atoms with van der Waals surface area (Å²) in [6, 6.07) is 5.74. The minimum absolute atomic E-state index is 0.171. The lowest BCUT2D eigenvalue weighted by Crippen LogP contribution is -2.31. The van der Waals surface area contributed by atoms with Crippen molar-refractivity contribution in [2.24, 2.45) is 11.1 Å². The van der Waals surface area contributed by atoms with Crippen LogP contribution in [0.5, 0.6) is 5.75 Å². The fraction of sp³-hybridized carbons (Fsp3) is 0.500. The molecule has 100 valence electrons. The lowest BCUT2D eigenvalue weighted by molar-refractivity contribution is 0.270. The van der Waals surface area contributed by atoms with Gasteiger partial charge in [0.25, 0.3) is 0 Å². The van der Waals surface area contributed by atoms with Crippen LogP contribution in [-0.2, 0) is 6.42 Å². The van der Waals surface area contributed by atoms with E-state index in [4.69, 9.17) is 34.3 Å². The predicted molar refractivity (Wildman–Crippen MR) is 81.5 cm³/mol. The number of hydrogen-bond donors (Lipinski definition) is 1. The third kappa shape index (κ3) is 4.14. The van der Waals surface area contributed by atoms with Crippen LogP contribution in [0.15, 0.2) is 18.2 Å². The van der Waals surface area contributed by atoms with E-state index >= 15 is 0 Å². The van der Waals surface area contributed by atoms with E-state index in [9.17, 15) is 0 Å². The van der Waals surface area contributed by atoms with E-state index in [1.165, 1.54) is 0 Å². The smallest absolute Gasteiger partial charge is 0.119 e. The molecule has 0 aromatic heterocycles. The zero-order valence-corrected chi connectivity index (χ0v) is 12.7. The van der Waals surface area contributed by atoms with E-state index in [1.54, 1.807) is 0 Å². The highest BCUT2D eigenvalue weighted by molar-refractivity contribution is 7.80. The number of aryl methyl sites for hydroxylation is 1. The molecule has 0 aliphatic carbocycles. The molecular formula is C14H20ClNOS. The molecule has 0 unspecified atom stereocenters. The highest BCUT2D eigenvalue weighted by Gasteiger charge is 2.21. The van der Waals surface area contributed by atoms with Crippen LogP contribution in [0.4, 0.5) is 0 Å². The maximum atomic E-state index is 6.06. The normalized spacial score (nSPS) is 11.3. The molecule has 1 aromatic carbocycles. The van der Waals surface area contributed by atoms with Gasteiger partial charge in [0.05, 0.1) is 11.6 Å². The Morgan fingerprint density at radius 3 is 2.67 bits per heavy atom. The first-order valence-electron chi connectivity index (χ1n) is 6.08. The lowest BCUT2D eigenvalue weighted by atomic mass is 9.90. The zero-order valence-electron chi connectivity index (χ0n) is 11.1. The molecule has 0 aliphatic heterocycles. The summed E-state index contributed by atoms with van der Waals surface area (Å²) >= 11 is 11.1. The van der Waals surface area contributed by atoms with Gasteiger partial charge in [-0.15, -0.1) is 0 Å². The van der Waals surface area contributed by atoms with E-state index in [-0.39, 0.29) is 5.41 Å². The standard InChI is InChI=1S/C14H20ClNOS/c1-4-10-9-11(5-6-12(10)15)17-8-7-14(2,3)13(16)18/h5-6,9H,4,7-8H2,1-3H3,(H2,16,18). The maximum Gasteiger partial charge on any atom is 0.119 e. The van der Waals surface area contributed by atoms with E-state index in [1.807, 2.05) is 32.0 Å². The second-order valence-corrected chi connectivity index (χ2v) is 5.80. The summed E-state index contributed by atoms with van der Waals surface area (Å²) in [4.78, 5) is 0.524. The summed E-state index contributed by atoms with van der Waals surface area (Å²) < 4.78 is 5.72. The van der Waals surface area contributed by atoms with Crippen LogP contribution in [0.25, 0.3) is 0 Å². The van der Waals surface area contributed by atoms with Crippen molar-refractivity contribution in [2.45, 2.75) is 33.6 Å². The van der Waals surface area contributed by atoms with Crippen LogP contribution in [0.2, 0.25) is 5.02 Å². The van der Waals surface area contributed by atoms with Gasteiger partial charge in [-0.2, -0.15) is 0 Å². The van der Waals surface area contributed by atoms with Crippen molar-refractivity contribution in [2.75, 3.05) is 6.61 Å². The van der Waals surface area contributed by atoms with Gasteiger partial charge in [0.1, 0.15) is 5.75 Å². The van der Waals surface area contributed by atoms with E-state index in [2.05, 4.69) is 6.92 Å². The largest absolute Gasteiger partial charge is 0.494 e. The van der Waals surface area contributed by atoms with Gasteiger partial charge in [0, 0.05) is 10.4 Å². The van der Waals surface area contributed by atoms with Crippen LogP contribution in [-0.4, -0.2) is 11.6 Å². The Labute approximate surface area is 119 Å². The molecule has 0 heterocycles. The van der Waals surface area contributed by atoms with Crippen LogP contribution in [0.1, 0.15) is 32.8 Å². The fourth-order valence-electron chi connectivity index (χ4n) is 1.46. The van der Waals surface area contributed by atoms with Gasteiger partial charge in [-0.25, -0.2) is 0 Å². The van der Waals surface area contributed by atoms with Crippen LogP contribution in [0.3, 0.4) is 0 Å². The molecule has 0 amide bonds. The van der Waals surface area contributed by atoms with E-state index in [0.717, 1.165) is 29.2 Å². The highest BCUT2D eigenvalue weighted by Crippen LogP contribution is 2.24. The summed E-state index contributed by atoms with van der Waals surface area (Å²) in [6.07, 6.45) is 1.70. The third-order valence-corrected chi connectivity index (χ3v) is 3.98. The fourth-order valence-corrected chi connectivity index (χ4v) is 1.81. The molecule has 1 aromatic rings. The first-order valence-corrected chi connectivity index (χ1v) is 6.86. The lowest BCUT2D eigenvalue weighted by Gasteiger charge is -2.22. The molecule has 1 rings (SSSR count). The van der Waals surface area contributed by atoms with Crippen molar-refractivity contribution >= 4 is 28.8 Å². The molecule has 0 atom stereocenters. The van der Waals surface area contributed by atoms with E-state index in [0.29, 0.717) is 11.6 Å². The number of ether oxygens (including phenoxy) is 1. The summed E-state index contributed by atoms with van der Waals surface area (Å²) in [5.41, 5.74) is 6.60. The summed E-state index contributed by atoms with van der Waals surface area (Å²) in [5.74, 6) is 0.843. The molecule has 0 saturated carbocycles. The molecule has 0 aliphatic rings. The number of halogens is 1. The topological polar surface area (TPSA) is 35.2 Å². The van der Waals surface area contributed by atoms with Gasteiger partial charge >= 0.3 is 0 Å². The van der Waals surface area contributed by atoms with Crippen molar-refractivity contribution in [3.63, 3.8) is 0 Å². The molecule has 0 radical (unpaired) electrons. The summed E-state index contributed by atoms with van der Waals surface area (Å²) in [7, 11) is 0. The number of benzene rings is 1. The van der Waals surface area contributed by atoms with Gasteiger partial charge in [0.15, 0.2) is 0 Å². The van der Waals surface area contributed by atoms with Crippen LogP contribution >= 0.6 is 23.8 Å². The molecule has 0 spiro atoms. The van der Waals surface area contributed by atoms with Crippen LogP contribution in [0, 0.1) is 5.41 Å². The van der Waals surface area contributed by atoms with Gasteiger partial charge < -0.3 is 10.5 Å². The van der Waals surface area contributed by atoms with Crippen molar-refractivity contribution in [1.82, 2.24) is 0 Å². The summed E-state index contributed by atoms with van der Waals surface area (Å²) in [5, 5.41) is 0.785. The number of hydrogen-bond acceptors (Lipinski definition) is 2. The Kier molecular flexibility index (Phi) is 5.42. The van der Waals surface area contributed by atoms with Crippen molar-refractivity contribution in [3.8, 4) is 5.75 Å². The SMILES string of the molecule is CCc1cc(OCCC(C)(C)C(N)=S)ccc1Cl. The molecular weight excluding hydrogens is 266 g/mol. The quantitative estimate of drug-likeness (QED) is 0.803. The van der Waals surface area contributed by atoms with E-state index < -0.39 is 0 Å². The minimum Gasteiger partial charge on any atom is -0.494 e. The molecule has 2 nitrogen and oxygen atoms in total. The minimum atomic E-state index is -0.171. The number of nitrogens with two attached hydrogens (primary N) is 1.